The van der Waals surface area contributed by atoms with E-state index in [0.717, 1.165) is 38.5 Å². The minimum atomic E-state index is -2.52. The van der Waals surface area contributed by atoms with Crippen LogP contribution < -0.4 is 0 Å². The SMILES string of the molecule is [2H]C([2H])([2H])C(C(=O)C12CC3CC(CC(C3)C1)C2)=C(O)C12CC3CC(CC(C3)C1)C2. The molecule has 0 aromatic heterocycles. The second-order valence-corrected chi connectivity index (χ2v) is 11.4. The van der Waals surface area contributed by atoms with Crippen LogP contribution in [0, 0.1) is 46.3 Å². The van der Waals surface area contributed by atoms with Crippen molar-refractivity contribution in [1.29, 1.82) is 0 Å². The van der Waals surface area contributed by atoms with E-state index >= 15 is 0 Å². The molecule has 0 aromatic rings. The van der Waals surface area contributed by atoms with Crippen LogP contribution in [-0.4, -0.2) is 10.9 Å². The number of allylic oxidation sites excluding steroid dienone is 2. The third-order valence-corrected chi connectivity index (χ3v) is 9.52. The maximum absolute atomic E-state index is 14.0. The summed E-state index contributed by atoms with van der Waals surface area (Å²) in [6.45, 7) is -2.52. The summed E-state index contributed by atoms with van der Waals surface area (Å²) in [6.07, 6.45) is 12.6. The normalized spacial score (nSPS) is 56.7. The molecule has 0 spiro atoms. The molecule has 2 nitrogen and oxygen atoms in total. The monoisotopic (exact) mass is 357 g/mol. The van der Waals surface area contributed by atoms with Crippen molar-refractivity contribution in [3.8, 4) is 0 Å². The van der Waals surface area contributed by atoms with Crippen LogP contribution in [0.5, 0.6) is 0 Å². The molecule has 1 N–H and O–H groups in total. The number of carbonyl (C=O) groups excluding carboxylic acids is 1. The van der Waals surface area contributed by atoms with Gasteiger partial charge in [0, 0.05) is 20.5 Å². The van der Waals surface area contributed by atoms with Gasteiger partial charge in [-0.1, -0.05) is 0 Å². The highest BCUT2D eigenvalue weighted by Crippen LogP contribution is 2.64. The number of rotatable bonds is 3. The lowest BCUT2D eigenvalue weighted by Crippen LogP contribution is -2.51. The highest BCUT2D eigenvalue weighted by molar-refractivity contribution is 6.00. The Kier molecular flexibility index (Phi) is 2.67. The van der Waals surface area contributed by atoms with Crippen molar-refractivity contribution < 1.29 is 14.0 Å². The summed E-state index contributed by atoms with van der Waals surface area (Å²) >= 11 is 0. The van der Waals surface area contributed by atoms with E-state index in [9.17, 15) is 9.90 Å². The first-order chi connectivity index (χ1) is 13.7. The zero-order chi connectivity index (χ0) is 20.2. The molecular weight excluding hydrogens is 320 g/mol. The average Bonchev–Trinajstić information content (AvgIpc) is 2.58. The van der Waals surface area contributed by atoms with Gasteiger partial charge in [0.15, 0.2) is 5.78 Å². The standard InChI is InChI=1S/C24H34O2/c1-14(21(25)23-8-15-2-16(9-23)4-17(3-15)10-23)22(26)24-11-18-5-19(12-24)7-20(6-18)13-24/h15-20,25H,2-13H2,1H3/i1D3. The zero-order valence-electron chi connectivity index (χ0n) is 18.8. The highest BCUT2D eigenvalue weighted by atomic mass is 16.3. The first-order valence-corrected chi connectivity index (χ1v) is 11.1. The topological polar surface area (TPSA) is 37.3 Å². The molecule has 0 saturated heterocycles. The maximum atomic E-state index is 14.0. The molecule has 8 rings (SSSR count). The van der Waals surface area contributed by atoms with E-state index in [1.807, 2.05) is 0 Å². The second-order valence-electron chi connectivity index (χ2n) is 11.4. The molecule has 0 aliphatic heterocycles. The molecule has 8 aliphatic rings. The molecule has 0 heterocycles. The van der Waals surface area contributed by atoms with Gasteiger partial charge in [-0.05, 0) is 119 Å². The fraction of sp³-hybridized carbons (Fsp3) is 0.875. The summed E-state index contributed by atoms with van der Waals surface area (Å²) in [6, 6.07) is 0. The predicted molar refractivity (Wildman–Crippen MR) is 102 cm³/mol. The van der Waals surface area contributed by atoms with Crippen LogP contribution in [0.2, 0.25) is 0 Å². The lowest BCUT2D eigenvalue weighted by atomic mass is 9.47. The molecule has 142 valence electrons. The summed E-state index contributed by atoms with van der Waals surface area (Å²) in [5.41, 5.74) is -1.09. The van der Waals surface area contributed by atoms with E-state index in [0.29, 0.717) is 35.5 Å². The van der Waals surface area contributed by atoms with E-state index < -0.39 is 17.7 Å². The van der Waals surface area contributed by atoms with Crippen molar-refractivity contribution in [2.45, 2.75) is 83.9 Å². The maximum Gasteiger partial charge on any atom is 0.168 e. The summed E-state index contributed by atoms with van der Waals surface area (Å²) < 4.78 is 24.8. The van der Waals surface area contributed by atoms with E-state index in [-0.39, 0.29) is 17.1 Å². The number of hydrogen-bond acceptors (Lipinski definition) is 2. The van der Waals surface area contributed by atoms with E-state index in [2.05, 4.69) is 0 Å². The summed E-state index contributed by atoms with van der Waals surface area (Å²) in [4.78, 5) is 14.0. The van der Waals surface area contributed by atoms with Gasteiger partial charge < -0.3 is 5.11 Å². The Bertz CT molecular complexity index is 707. The van der Waals surface area contributed by atoms with Crippen molar-refractivity contribution in [3.05, 3.63) is 11.3 Å². The van der Waals surface area contributed by atoms with E-state index in [1.54, 1.807) is 0 Å². The van der Waals surface area contributed by atoms with Crippen LogP contribution >= 0.6 is 0 Å². The largest absolute Gasteiger partial charge is 0.511 e. The van der Waals surface area contributed by atoms with E-state index in [1.165, 1.54) is 38.5 Å². The van der Waals surface area contributed by atoms with Gasteiger partial charge in [-0.2, -0.15) is 0 Å². The number of ketones is 1. The predicted octanol–water partition coefficient (Wildman–Crippen LogP) is 5.82. The van der Waals surface area contributed by atoms with Gasteiger partial charge >= 0.3 is 0 Å². The summed E-state index contributed by atoms with van der Waals surface area (Å²) in [5, 5.41) is 11.6. The third-order valence-electron chi connectivity index (χ3n) is 9.52. The lowest BCUT2D eigenvalue weighted by molar-refractivity contribution is -0.140. The molecule has 0 atom stereocenters. The van der Waals surface area contributed by atoms with Crippen LogP contribution in [0.1, 0.15) is 88.0 Å². The van der Waals surface area contributed by atoms with Gasteiger partial charge in [0.05, 0.1) is 0 Å². The number of hydrogen-bond donors (Lipinski definition) is 1. The smallest absolute Gasteiger partial charge is 0.168 e. The van der Waals surface area contributed by atoms with Gasteiger partial charge in [0.25, 0.3) is 0 Å². The Labute approximate surface area is 162 Å². The fourth-order valence-electron chi connectivity index (χ4n) is 9.43. The first-order valence-electron chi connectivity index (χ1n) is 12.6. The highest BCUT2D eigenvalue weighted by Gasteiger charge is 2.57. The van der Waals surface area contributed by atoms with Gasteiger partial charge in [-0.15, -0.1) is 0 Å². The molecule has 0 amide bonds. The van der Waals surface area contributed by atoms with Crippen molar-refractivity contribution in [1.82, 2.24) is 0 Å². The van der Waals surface area contributed by atoms with Crippen LogP contribution in [-0.2, 0) is 4.79 Å². The molecule has 8 fully saturated rings. The second kappa shape index (κ2) is 5.17. The molecule has 8 aliphatic carbocycles. The minimum Gasteiger partial charge on any atom is -0.511 e. The Morgan fingerprint density at radius 1 is 0.731 bits per heavy atom. The molecule has 0 radical (unpaired) electrons. The Balaban J connectivity index is 1.42. The van der Waals surface area contributed by atoms with Gasteiger partial charge in [0.1, 0.15) is 5.76 Å². The summed E-state index contributed by atoms with van der Waals surface area (Å²) in [5.74, 6) is 3.39. The molecule has 8 saturated carbocycles. The Morgan fingerprint density at radius 2 is 1.08 bits per heavy atom. The van der Waals surface area contributed by atoms with Crippen LogP contribution in [0.25, 0.3) is 0 Å². The Hall–Kier alpha value is -0.790. The molecule has 8 bridgehead atoms. The molecule has 2 heteroatoms. The van der Waals surface area contributed by atoms with Crippen molar-refractivity contribution >= 4 is 5.78 Å². The van der Waals surface area contributed by atoms with Gasteiger partial charge in [-0.3, -0.25) is 4.79 Å². The third kappa shape index (κ3) is 2.14. The summed E-state index contributed by atoms with van der Waals surface area (Å²) in [7, 11) is 0. The number of carbonyl (C=O) groups is 1. The Morgan fingerprint density at radius 3 is 1.42 bits per heavy atom. The fourth-order valence-corrected chi connectivity index (χ4v) is 9.43. The number of Topliss-reactive ketones (excluding diaryl/α,β-unsaturated/α-hetero) is 1. The van der Waals surface area contributed by atoms with Gasteiger partial charge in [0.2, 0.25) is 0 Å². The number of aliphatic hydroxyl groups is 1. The quantitative estimate of drug-likeness (QED) is 0.510. The van der Waals surface area contributed by atoms with Crippen LogP contribution in [0.15, 0.2) is 11.3 Å². The first kappa shape index (κ1) is 13.4. The van der Waals surface area contributed by atoms with Crippen molar-refractivity contribution in [3.63, 3.8) is 0 Å². The minimum absolute atomic E-state index is 0.00246. The number of aliphatic hydroxyl groups excluding tert-OH is 1. The van der Waals surface area contributed by atoms with Crippen molar-refractivity contribution in [2.24, 2.45) is 46.3 Å². The van der Waals surface area contributed by atoms with Crippen molar-refractivity contribution in [2.75, 3.05) is 0 Å². The molecular formula is C24H34O2. The van der Waals surface area contributed by atoms with Crippen LogP contribution in [0.4, 0.5) is 0 Å². The lowest BCUT2D eigenvalue weighted by Gasteiger charge is -2.57. The van der Waals surface area contributed by atoms with Gasteiger partial charge in [-0.25, -0.2) is 0 Å². The van der Waals surface area contributed by atoms with E-state index in [4.69, 9.17) is 4.11 Å². The average molecular weight is 358 g/mol. The molecule has 0 unspecified atom stereocenters. The molecule has 26 heavy (non-hydrogen) atoms. The van der Waals surface area contributed by atoms with Crippen LogP contribution in [0.3, 0.4) is 0 Å². The zero-order valence-corrected chi connectivity index (χ0v) is 15.8. The molecule has 0 aromatic carbocycles.